The molecule has 0 amide bonds. The first-order chi connectivity index (χ1) is 7.25. The molecule has 1 aliphatic rings. The molecule has 1 unspecified atom stereocenters. The van der Waals surface area contributed by atoms with E-state index in [1.54, 1.807) is 0 Å². The fraction of sp³-hybridized carbons (Fsp3) is 0.583. The maximum atomic E-state index is 4.25. The molecule has 3 nitrogen and oxygen atoms in total. The van der Waals surface area contributed by atoms with Gasteiger partial charge in [-0.3, -0.25) is 4.98 Å². The molecule has 0 saturated carbocycles. The van der Waals surface area contributed by atoms with Crippen molar-refractivity contribution < 1.29 is 0 Å². The second kappa shape index (κ2) is 4.62. The van der Waals surface area contributed by atoms with Crippen molar-refractivity contribution in [1.82, 2.24) is 10.3 Å². The van der Waals surface area contributed by atoms with Crippen LogP contribution < -0.4 is 10.2 Å². The normalized spacial score (nSPS) is 22.5. The van der Waals surface area contributed by atoms with Gasteiger partial charge in [0.1, 0.15) is 0 Å². The van der Waals surface area contributed by atoms with E-state index in [-0.39, 0.29) is 0 Å². The topological polar surface area (TPSA) is 28.2 Å². The number of nitrogens with zero attached hydrogens (tertiary/aromatic N) is 2. The van der Waals surface area contributed by atoms with Crippen LogP contribution in [0.1, 0.15) is 18.9 Å². The van der Waals surface area contributed by atoms with Crippen molar-refractivity contribution in [3.05, 3.63) is 24.0 Å². The molecule has 0 spiro atoms. The van der Waals surface area contributed by atoms with Crippen LogP contribution in [0.2, 0.25) is 0 Å². The number of hydrogen-bond donors (Lipinski definition) is 1. The van der Waals surface area contributed by atoms with E-state index >= 15 is 0 Å². The van der Waals surface area contributed by atoms with Crippen LogP contribution in [0.15, 0.2) is 18.5 Å². The van der Waals surface area contributed by atoms with Crippen LogP contribution >= 0.6 is 0 Å². The predicted octanol–water partition coefficient (Wildman–Crippen LogP) is 1.58. The molecular formula is C12H19N3. The quantitative estimate of drug-likeness (QED) is 0.754. The van der Waals surface area contributed by atoms with Gasteiger partial charge in [0.2, 0.25) is 0 Å². The zero-order valence-electron chi connectivity index (χ0n) is 9.53. The lowest BCUT2D eigenvalue weighted by Crippen LogP contribution is -2.35. The van der Waals surface area contributed by atoms with Gasteiger partial charge in [0.05, 0.1) is 11.9 Å². The van der Waals surface area contributed by atoms with Crippen molar-refractivity contribution in [2.24, 2.45) is 0 Å². The summed E-state index contributed by atoms with van der Waals surface area (Å²) in [5.41, 5.74) is 2.49. The Morgan fingerprint density at radius 3 is 3.13 bits per heavy atom. The highest BCUT2D eigenvalue weighted by Crippen LogP contribution is 2.16. The largest absolute Gasteiger partial charge is 0.369 e. The molecule has 0 aromatic carbocycles. The summed E-state index contributed by atoms with van der Waals surface area (Å²) in [6.45, 7) is 7.65. The lowest BCUT2D eigenvalue weighted by molar-refractivity contribution is 0.584. The minimum absolute atomic E-state index is 0.563. The van der Waals surface area contributed by atoms with Crippen LogP contribution in [0.4, 0.5) is 5.69 Å². The lowest BCUT2D eigenvalue weighted by Gasteiger charge is -2.24. The van der Waals surface area contributed by atoms with Gasteiger partial charge in [0.25, 0.3) is 0 Å². The molecule has 2 heterocycles. The Balaban J connectivity index is 2.14. The van der Waals surface area contributed by atoms with Crippen LogP contribution in [-0.2, 0) is 0 Å². The number of aromatic nitrogens is 1. The minimum atomic E-state index is 0.563. The Hall–Kier alpha value is -1.09. The fourth-order valence-corrected chi connectivity index (χ4v) is 2.05. The monoisotopic (exact) mass is 205 g/mol. The number of aryl methyl sites for hydroxylation is 1. The summed E-state index contributed by atoms with van der Waals surface area (Å²) >= 11 is 0. The molecule has 1 aromatic rings. The number of nitrogens with one attached hydrogen (secondary N) is 1. The van der Waals surface area contributed by atoms with E-state index in [1.165, 1.54) is 17.7 Å². The van der Waals surface area contributed by atoms with E-state index in [1.807, 2.05) is 12.4 Å². The standard InChI is InChI=1S/C12H19N3/c1-10-6-12(8-13-7-10)15-5-3-4-14-11(2)9-15/h6-8,11,14H,3-5,9H2,1-2H3. The average molecular weight is 205 g/mol. The van der Waals surface area contributed by atoms with Crippen LogP contribution in [0.5, 0.6) is 0 Å². The first kappa shape index (κ1) is 10.4. The molecule has 1 aliphatic heterocycles. The van der Waals surface area contributed by atoms with Crippen LogP contribution in [0, 0.1) is 6.92 Å². The Bertz CT molecular complexity index is 324. The van der Waals surface area contributed by atoms with Gasteiger partial charge >= 0.3 is 0 Å². The van der Waals surface area contributed by atoms with E-state index < -0.39 is 0 Å². The first-order valence-corrected chi connectivity index (χ1v) is 5.65. The van der Waals surface area contributed by atoms with Crippen molar-refractivity contribution in [3.8, 4) is 0 Å². The number of pyridine rings is 1. The lowest BCUT2D eigenvalue weighted by atomic mass is 10.2. The second-order valence-electron chi connectivity index (χ2n) is 4.38. The summed E-state index contributed by atoms with van der Waals surface area (Å²) in [4.78, 5) is 6.67. The third-order valence-electron chi connectivity index (χ3n) is 2.82. The SMILES string of the molecule is Cc1cncc(N2CCCNC(C)C2)c1. The van der Waals surface area contributed by atoms with Crippen LogP contribution in [0.3, 0.4) is 0 Å². The molecule has 1 atom stereocenters. The predicted molar refractivity (Wildman–Crippen MR) is 63.3 cm³/mol. The van der Waals surface area contributed by atoms with Gasteiger partial charge in [-0.25, -0.2) is 0 Å². The first-order valence-electron chi connectivity index (χ1n) is 5.65. The molecule has 2 rings (SSSR count). The molecule has 1 N–H and O–H groups in total. The summed E-state index contributed by atoms with van der Waals surface area (Å²) in [6.07, 6.45) is 5.08. The van der Waals surface area contributed by atoms with Crippen molar-refractivity contribution in [2.75, 3.05) is 24.5 Å². The third kappa shape index (κ3) is 2.69. The summed E-state index contributed by atoms with van der Waals surface area (Å²) in [7, 11) is 0. The second-order valence-corrected chi connectivity index (χ2v) is 4.38. The molecule has 1 saturated heterocycles. The van der Waals surface area contributed by atoms with Crippen molar-refractivity contribution in [3.63, 3.8) is 0 Å². The van der Waals surface area contributed by atoms with Gasteiger partial charge in [-0.1, -0.05) is 0 Å². The Morgan fingerprint density at radius 2 is 2.33 bits per heavy atom. The van der Waals surface area contributed by atoms with Crippen molar-refractivity contribution >= 4 is 5.69 Å². The van der Waals surface area contributed by atoms with Crippen LogP contribution in [-0.4, -0.2) is 30.7 Å². The van der Waals surface area contributed by atoms with Crippen molar-refractivity contribution in [1.29, 1.82) is 0 Å². The smallest absolute Gasteiger partial charge is 0.0555 e. The number of anilines is 1. The molecule has 0 aliphatic carbocycles. The Kier molecular flexibility index (Phi) is 3.21. The highest BCUT2D eigenvalue weighted by atomic mass is 15.2. The zero-order valence-corrected chi connectivity index (χ0v) is 9.53. The number of rotatable bonds is 1. The highest BCUT2D eigenvalue weighted by Gasteiger charge is 2.14. The average Bonchev–Trinajstić information content (AvgIpc) is 2.43. The zero-order chi connectivity index (χ0) is 10.7. The summed E-state index contributed by atoms with van der Waals surface area (Å²) in [5, 5.41) is 3.50. The van der Waals surface area contributed by atoms with Gasteiger partial charge in [-0.15, -0.1) is 0 Å². The van der Waals surface area contributed by atoms with E-state index in [2.05, 4.69) is 35.1 Å². The van der Waals surface area contributed by atoms with Gasteiger partial charge < -0.3 is 10.2 Å². The van der Waals surface area contributed by atoms with E-state index in [4.69, 9.17) is 0 Å². The van der Waals surface area contributed by atoms with E-state index in [0.717, 1.165) is 19.6 Å². The van der Waals surface area contributed by atoms with Crippen molar-refractivity contribution in [2.45, 2.75) is 26.3 Å². The molecule has 0 radical (unpaired) electrons. The minimum Gasteiger partial charge on any atom is -0.369 e. The fourth-order valence-electron chi connectivity index (χ4n) is 2.05. The van der Waals surface area contributed by atoms with Crippen LogP contribution in [0.25, 0.3) is 0 Å². The molecular weight excluding hydrogens is 186 g/mol. The molecule has 3 heteroatoms. The highest BCUT2D eigenvalue weighted by molar-refractivity contribution is 5.46. The van der Waals surface area contributed by atoms with Gasteiger partial charge in [0, 0.05) is 25.3 Å². The maximum absolute atomic E-state index is 4.25. The van der Waals surface area contributed by atoms with E-state index in [9.17, 15) is 0 Å². The summed E-state index contributed by atoms with van der Waals surface area (Å²) in [5.74, 6) is 0. The molecule has 0 bridgehead atoms. The van der Waals surface area contributed by atoms with Gasteiger partial charge in [-0.05, 0) is 38.4 Å². The van der Waals surface area contributed by atoms with Gasteiger partial charge in [0.15, 0.2) is 0 Å². The summed E-state index contributed by atoms with van der Waals surface area (Å²) < 4.78 is 0. The molecule has 15 heavy (non-hydrogen) atoms. The molecule has 82 valence electrons. The summed E-state index contributed by atoms with van der Waals surface area (Å²) in [6, 6.07) is 2.78. The Labute approximate surface area is 91.5 Å². The van der Waals surface area contributed by atoms with E-state index in [0.29, 0.717) is 6.04 Å². The molecule has 1 fully saturated rings. The third-order valence-corrected chi connectivity index (χ3v) is 2.82. The number of hydrogen-bond acceptors (Lipinski definition) is 3. The molecule has 1 aromatic heterocycles. The van der Waals surface area contributed by atoms with Gasteiger partial charge in [-0.2, -0.15) is 0 Å². The maximum Gasteiger partial charge on any atom is 0.0555 e. The Morgan fingerprint density at radius 1 is 1.47 bits per heavy atom.